The number of hydrogen-bond acceptors (Lipinski definition) is 0. The van der Waals surface area contributed by atoms with Gasteiger partial charge in [-0.2, -0.15) is 0 Å². The van der Waals surface area contributed by atoms with E-state index in [-0.39, 0.29) is 0 Å². The second-order valence-electron chi connectivity index (χ2n) is 1.81. The van der Waals surface area contributed by atoms with Crippen LogP contribution in [-0.4, -0.2) is 6.17 Å². The molecule has 0 heterocycles. The number of rotatable bonds is 3. The second-order valence-corrected chi connectivity index (χ2v) is 1.81. The molecule has 0 aliphatic heterocycles. The van der Waals surface area contributed by atoms with Crippen LogP contribution in [0.15, 0.2) is 12.2 Å². The van der Waals surface area contributed by atoms with Gasteiger partial charge < -0.3 is 0 Å². The smallest absolute Gasteiger partial charge is 0.103 e. The summed E-state index contributed by atoms with van der Waals surface area (Å²) in [6.45, 7) is 3.76. The Morgan fingerprint density at radius 1 is 1.62 bits per heavy atom. The highest BCUT2D eigenvalue weighted by Crippen LogP contribution is 2.02. The van der Waals surface area contributed by atoms with E-state index in [1.165, 1.54) is 0 Å². The molecular weight excluding hydrogens is 103 g/mol. The Bertz CT molecular complexity index is 66.8. The third-order valence-corrected chi connectivity index (χ3v) is 1.07. The van der Waals surface area contributed by atoms with E-state index in [4.69, 9.17) is 0 Å². The first kappa shape index (κ1) is 7.67. The Labute approximate surface area is 50.4 Å². The van der Waals surface area contributed by atoms with Crippen molar-refractivity contribution in [3.05, 3.63) is 12.2 Å². The molecule has 8 heavy (non-hydrogen) atoms. The maximum atomic E-state index is 12.3. The summed E-state index contributed by atoms with van der Waals surface area (Å²) in [4.78, 5) is 0. The summed E-state index contributed by atoms with van der Waals surface area (Å²) < 4.78 is 12.3. The number of allylic oxidation sites excluding steroid dienone is 2. The number of alkyl halides is 1. The van der Waals surface area contributed by atoms with Crippen LogP contribution in [0.25, 0.3) is 0 Å². The first-order chi connectivity index (χ1) is 3.81. The van der Waals surface area contributed by atoms with Gasteiger partial charge >= 0.3 is 0 Å². The van der Waals surface area contributed by atoms with Crippen LogP contribution in [0, 0.1) is 0 Å². The van der Waals surface area contributed by atoms with Gasteiger partial charge in [-0.15, -0.1) is 0 Å². The minimum absolute atomic E-state index is 0.576. The Kier molecular flexibility index (Phi) is 4.62. The van der Waals surface area contributed by atoms with E-state index >= 15 is 0 Å². The van der Waals surface area contributed by atoms with Crippen molar-refractivity contribution in [1.29, 1.82) is 0 Å². The summed E-state index contributed by atoms with van der Waals surface area (Å²) in [7, 11) is 0. The first-order valence-electron chi connectivity index (χ1n) is 3.06. The Morgan fingerprint density at radius 3 is 2.62 bits per heavy atom. The van der Waals surface area contributed by atoms with Gasteiger partial charge in [-0.1, -0.05) is 19.1 Å². The normalized spacial score (nSPS) is 14.9. The predicted molar refractivity (Wildman–Crippen MR) is 34.6 cm³/mol. The quantitative estimate of drug-likeness (QED) is 0.497. The lowest BCUT2D eigenvalue weighted by atomic mass is 10.2. The minimum Gasteiger partial charge on any atom is -0.247 e. The van der Waals surface area contributed by atoms with Crippen molar-refractivity contribution in [1.82, 2.24) is 0 Å². The van der Waals surface area contributed by atoms with Gasteiger partial charge in [0.2, 0.25) is 0 Å². The van der Waals surface area contributed by atoms with E-state index in [9.17, 15) is 4.39 Å². The molecule has 0 aromatic carbocycles. The number of halogens is 1. The highest BCUT2D eigenvalue weighted by molar-refractivity contribution is 4.79. The molecule has 0 saturated heterocycles. The molecule has 0 fully saturated rings. The van der Waals surface area contributed by atoms with E-state index < -0.39 is 6.17 Å². The fraction of sp³-hybridized carbons (Fsp3) is 0.714. The lowest BCUT2D eigenvalue weighted by Gasteiger charge is -1.96. The molecule has 0 amide bonds. The summed E-state index contributed by atoms with van der Waals surface area (Å²) in [5.74, 6) is 0. The van der Waals surface area contributed by atoms with Gasteiger partial charge in [-0.05, 0) is 19.8 Å². The molecule has 0 spiro atoms. The summed E-state index contributed by atoms with van der Waals surface area (Å²) in [6, 6.07) is 0. The zero-order valence-corrected chi connectivity index (χ0v) is 5.52. The lowest BCUT2D eigenvalue weighted by Crippen LogP contribution is -1.93. The van der Waals surface area contributed by atoms with Crippen LogP contribution in [0.5, 0.6) is 0 Å². The highest BCUT2D eigenvalue weighted by Gasteiger charge is 1.96. The van der Waals surface area contributed by atoms with Gasteiger partial charge in [-0.3, -0.25) is 0 Å². The molecule has 0 aliphatic carbocycles. The third kappa shape index (κ3) is 3.85. The van der Waals surface area contributed by atoms with E-state index in [0.717, 1.165) is 0 Å². The molecule has 1 unspecified atom stereocenters. The molecule has 48 valence electrons. The second kappa shape index (κ2) is 4.82. The Morgan fingerprint density at radius 2 is 2.25 bits per heavy atom. The third-order valence-electron chi connectivity index (χ3n) is 1.07. The molecular formula is C7H13F. The average Bonchev–Trinajstić information content (AvgIpc) is 1.83. The van der Waals surface area contributed by atoms with Gasteiger partial charge in [0.05, 0.1) is 0 Å². The zero-order valence-electron chi connectivity index (χ0n) is 5.52. The largest absolute Gasteiger partial charge is 0.247 e. The topological polar surface area (TPSA) is 0 Å². The minimum atomic E-state index is -0.633. The maximum Gasteiger partial charge on any atom is 0.103 e. The SMILES string of the molecule is C/C=C\CC(F)CC. The Hall–Kier alpha value is -0.330. The lowest BCUT2D eigenvalue weighted by molar-refractivity contribution is 0.327. The van der Waals surface area contributed by atoms with Crippen LogP contribution in [0.2, 0.25) is 0 Å². The van der Waals surface area contributed by atoms with E-state index in [1.807, 2.05) is 26.0 Å². The van der Waals surface area contributed by atoms with Crippen LogP contribution in [0.1, 0.15) is 26.7 Å². The highest BCUT2D eigenvalue weighted by atomic mass is 19.1. The van der Waals surface area contributed by atoms with Gasteiger partial charge in [-0.25, -0.2) is 4.39 Å². The molecule has 0 rings (SSSR count). The molecule has 1 heteroatoms. The molecule has 1 atom stereocenters. The van der Waals surface area contributed by atoms with E-state index in [2.05, 4.69) is 0 Å². The van der Waals surface area contributed by atoms with Crippen molar-refractivity contribution in [2.24, 2.45) is 0 Å². The van der Waals surface area contributed by atoms with Crippen molar-refractivity contribution in [2.45, 2.75) is 32.9 Å². The molecule has 0 aromatic rings. The first-order valence-corrected chi connectivity index (χ1v) is 3.06. The van der Waals surface area contributed by atoms with Gasteiger partial charge in [0, 0.05) is 0 Å². The number of hydrogen-bond donors (Lipinski definition) is 0. The Balaban J connectivity index is 3.10. The molecule has 0 bridgehead atoms. The zero-order chi connectivity index (χ0) is 6.41. The van der Waals surface area contributed by atoms with Crippen LogP contribution < -0.4 is 0 Å². The van der Waals surface area contributed by atoms with Crippen molar-refractivity contribution in [2.75, 3.05) is 0 Å². The molecule has 0 aromatic heterocycles. The predicted octanol–water partition coefficient (Wildman–Crippen LogP) is 2.70. The van der Waals surface area contributed by atoms with Crippen molar-refractivity contribution in [3.63, 3.8) is 0 Å². The van der Waals surface area contributed by atoms with Gasteiger partial charge in [0.1, 0.15) is 6.17 Å². The monoisotopic (exact) mass is 116 g/mol. The van der Waals surface area contributed by atoms with E-state index in [1.54, 1.807) is 0 Å². The molecule has 0 N–H and O–H groups in total. The van der Waals surface area contributed by atoms with Crippen molar-refractivity contribution < 1.29 is 4.39 Å². The van der Waals surface area contributed by atoms with Crippen molar-refractivity contribution in [3.8, 4) is 0 Å². The van der Waals surface area contributed by atoms with Gasteiger partial charge in [0.15, 0.2) is 0 Å². The van der Waals surface area contributed by atoms with Crippen molar-refractivity contribution >= 4 is 0 Å². The van der Waals surface area contributed by atoms with Crippen LogP contribution in [-0.2, 0) is 0 Å². The summed E-state index contributed by atoms with van der Waals surface area (Å²) in [5, 5.41) is 0. The molecule has 0 saturated carbocycles. The summed E-state index contributed by atoms with van der Waals surface area (Å²) in [5.41, 5.74) is 0. The molecule has 0 aliphatic rings. The molecule has 0 radical (unpaired) electrons. The summed E-state index contributed by atoms with van der Waals surface area (Å²) >= 11 is 0. The van der Waals surface area contributed by atoms with Crippen LogP contribution in [0.4, 0.5) is 4.39 Å². The van der Waals surface area contributed by atoms with Gasteiger partial charge in [0.25, 0.3) is 0 Å². The summed E-state index contributed by atoms with van der Waals surface area (Å²) in [6.07, 6.45) is 4.31. The van der Waals surface area contributed by atoms with E-state index in [0.29, 0.717) is 12.8 Å². The maximum absolute atomic E-state index is 12.3. The van der Waals surface area contributed by atoms with Crippen LogP contribution >= 0.6 is 0 Å². The average molecular weight is 116 g/mol. The fourth-order valence-electron chi connectivity index (χ4n) is 0.450. The standard InChI is InChI=1S/C7H13F/c1-3-5-6-7(8)4-2/h3,5,7H,4,6H2,1-2H3/b5-3-. The molecule has 0 nitrogen and oxygen atoms in total. The van der Waals surface area contributed by atoms with Crippen LogP contribution in [0.3, 0.4) is 0 Å². The fourth-order valence-corrected chi connectivity index (χ4v) is 0.450.